The summed E-state index contributed by atoms with van der Waals surface area (Å²) in [5.74, 6) is -1.52. The Hall–Kier alpha value is -1.62. The van der Waals surface area contributed by atoms with E-state index in [0.29, 0.717) is 13.2 Å². The molecule has 3 heterocycles. The average Bonchev–Trinajstić information content (AvgIpc) is 2.86. The zero-order chi connectivity index (χ0) is 25.6. The zero-order valence-electron chi connectivity index (χ0n) is 21.8. The predicted octanol–water partition coefficient (Wildman–Crippen LogP) is 4.39. The van der Waals surface area contributed by atoms with E-state index in [4.69, 9.17) is 28.1 Å². The van der Waals surface area contributed by atoms with Gasteiger partial charge in [-0.3, -0.25) is 0 Å². The van der Waals surface area contributed by atoms with Crippen LogP contribution < -0.4 is 0 Å². The third kappa shape index (κ3) is 4.93. The van der Waals surface area contributed by atoms with E-state index in [-0.39, 0.29) is 5.04 Å². The molecule has 8 heteroatoms. The van der Waals surface area contributed by atoms with E-state index < -0.39 is 57.5 Å². The van der Waals surface area contributed by atoms with Crippen molar-refractivity contribution in [3.63, 3.8) is 0 Å². The molecule has 4 unspecified atom stereocenters. The highest BCUT2D eigenvalue weighted by atomic mass is 28.4. The van der Waals surface area contributed by atoms with Gasteiger partial charge in [0, 0.05) is 0 Å². The van der Waals surface area contributed by atoms with E-state index in [1.807, 2.05) is 60.7 Å². The topological polar surface area (TPSA) is 75.6 Å². The van der Waals surface area contributed by atoms with Gasteiger partial charge in [0.25, 0.3) is 0 Å². The van der Waals surface area contributed by atoms with Gasteiger partial charge < -0.3 is 33.2 Å². The van der Waals surface area contributed by atoms with Crippen LogP contribution in [0.4, 0.5) is 0 Å². The summed E-state index contributed by atoms with van der Waals surface area (Å²) in [6, 6.07) is 20.1. The Kier molecular flexibility index (Phi) is 7.17. The van der Waals surface area contributed by atoms with Gasteiger partial charge in [0.1, 0.15) is 43.2 Å². The minimum Gasteiger partial charge on any atom is -0.408 e. The summed E-state index contributed by atoms with van der Waals surface area (Å²) in [7, 11) is -2.21. The first-order valence-corrected chi connectivity index (χ1v) is 15.7. The highest BCUT2D eigenvalue weighted by Gasteiger charge is 2.69. The number of ether oxygens (including phenoxy) is 5. The standard InChI is InChI=1S/C28H38O7Si/c1-27(2,3)36(4,5)35-26-24-21(30-16-19-12-8-6-9-13-19)23-22(31-17-20-14-10-7-11-15-20)25(26)34-28(18-29,32-23)33-24/h6-15,21-26,29H,16-18H2,1-5H3. The van der Waals surface area contributed by atoms with Gasteiger partial charge in [0.05, 0.1) is 13.2 Å². The van der Waals surface area contributed by atoms with Gasteiger partial charge in [0.2, 0.25) is 0 Å². The van der Waals surface area contributed by atoms with E-state index >= 15 is 0 Å². The minimum atomic E-state index is -2.21. The average molecular weight is 515 g/mol. The maximum Gasteiger partial charge on any atom is 0.308 e. The monoisotopic (exact) mass is 514 g/mol. The van der Waals surface area contributed by atoms with Crippen molar-refractivity contribution >= 4 is 8.32 Å². The molecule has 2 aromatic carbocycles. The van der Waals surface area contributed by atoms with Crippen molar-refractivity contribution in [1.82, 2.24) is 0 Å². The number of aliphatic hydroxyl groups excluding tert-OH is 1. The fourth-order valence-electron chi connectivity index (χ4n) is 4.91. The Bertz CT molecular complexity index is 948. The summed E-state index contributed by atoms with van der Waals surface area (Å²) in [5, 5.41) is 10.2. The van der Waals surface area contributed by atoms with Crippen molar-refractivity contribution in [1.29, 1.82) is 0 Å². The van der Waals surface area contributed by atoms with Crippen molar-refractivity contribution in [2.24, 2.45) is 0 Å². The second-order valence-electron chi connectivity index (χ2n) is 11.5. The smallest absolute Gasteiger partial charge is 0.308 e. The van der Waals surface area contributed by atoms with Crippen LogP contribution >= 0.6 is 0 Å². The molecule has 0 amide bonds. The van der Waals surface area contributed by atoms with Crippen molar-refractivity contribution < 1.29 is 33.2 Å². The summed E-state index contributed by atoms with van der Waals surface area (Å²) in [6.07, 6.45) is -2.68. The van der Waals surface area contributed by atoms with Gasteiger partial charge in [0.15, 0.2) is 8.32 Å². The van der Waals surface area contributed by atoms with Crippen LogP contribution in [-0.4, -0.2) is 62.6 Å². The normalized spacial score (nSPS) is 33.7. The number of hydrogen-bond acceptors (Lipinski definition) is 7. The van der Waals surface area contributed by atoms with E-state index in [1.54, 1.807) is 0 Å². The molecule has 1 N–H and O–H groups in total. The Morgan fingerprint density at radius 3 is 1.56 bits per heavy atom. The molecule has 3 aliphatic heterocycles. The lowest BCUT2D eigenvalue weighted by atomic mass is 9.81. The van der Waals surface area contributed by atoms with Crippen LogP contribution in [0.2, 0.25) is 18.1 Å². The highest BCUT2D eigenvalue weighted by Crippen LogP contribution is 2.50. The largest absolute Gasteiger partial charge is 0.408 e. The van der Waals surface area contributed by atoms with Crippen LogP contribution in [0.15, 0.2) is 60.7 Å². The molecule has 4 fully saturated rings. The molecule has 6 rings (SSSR count). The SMILES string of the molecule is CC(C)(C)[Si](C)(C)OC1C2OC3(CO)OC(C2OCc2ccccc2)C(OCc2ccccc2)C1O3. The number of benzene rings is 2. The first-order valence-electron chi connectivity index (χ1n) is 12.8. The lowest BCUT2D eigenvalue weighted by molar-refractivity contribution is -0.544. The van der Waals surface area contributed by atoms with Gasteiger partial charge in [-0.15, -0.1) is 0 Å². The van der Waals surface area contributed by atoms with Gasteiger partial charge in [-0.2, -0.15) is 0 Å². The van der Waals surface area contributed by atoms with Crippen molar-refractivity contribution in [3.05, 3.63) is 71.8 Å². The van der Waals surface area contributed by atoms with Crippen molar-refractivity contribution in [2.75, 3.05) is 6.61 Å². The Balaban J connectivity index is 1.45. The van der Waals surface area contributed by atoms with Crippen LogP contribution in [0.3, 0.4) is 0 Å². The third-order valence-corrected chi connectivity index (χ3v) is 12.4. The number of rotatable bonds is 9. The minimum absolute atomic E-state index is 0.00633. The molecule has 4 aliphatic rings. The lowest BCUT2D eigenvalue weighted by Gasteiger charge is -2.63. The maximum atomic E-state index is 10.2. The lowest BCUT2D eigenvalue weighted by Crippen LogP contribution is -2.81. The van der Waals surface area contributed by atoms with Gasteiger partial charge >= 0.3 is 5.97 Å². The van der Waals surface area contributed by atoms with Crippen molar-refractivity contribution in [3.8, 4) is 0 Å². The fraction of sp³-hybridized carbons (Fsp3) is 0.571. The molecule has 0 radical (unpaired) electrons. The molecule has 4 atom stereocenters. The summed E-state index contributed by atoms with van der Waals surface area (Å²) in [6.45, 7) is 11.5. The first-order chi connectivity index (χ1) is 17.1. The second kappa shape index (κ2) is 9.92. The Morgan fingerprint density at radius 2 is 1.17 bits per heavy atom. The molecule has 0 spiro atoms. The molecule has 196 valence electrons. The van der Waals surface area contributed by atoms with Crippen LogP contribution in [0.1, 0.15) is 31.9 Å². The van der Waals surface area contributed by atoms with E-state index in [1.165, 1.54) is 0 Å². The third-order valence-electron chi connectivity index (χ3n) is 7.89. The molecule has 4 bridgehead atoms. The van der Waals surface area contributed by atoms with E-state index in [2.05, 4.69) is 33.9 Å². The molecular weight excluding hydrogens is 476 g/mol. The molecule has 7 nitrogen and oxygen atoms in total. The maximum absolute atomic E-state index is 10.2. The van der Waals surface area contributed by atoms with Gasteiger partial charge in [-0.25, -0.2) is 0 Å². The Morgan fingerprint density at radius 1 is 0.750 bits per heavy atom. The summed E-state index contributed by atoms with van der Waals surface area (Å²) >= 11 is 0. The highest BCUT2D eigenvalue weighted by molar-refractivity contribution is 6.74. The van der Waals surface area contributed by atoms with E-state index in [9.17, 15) is 5.11 Å². The predicted molar refractivity (Wildman–Crippen MR) is 137 cm³/mol. The molecule has 2 aromatic rings. The number of aliphatic hydroxyl groups is 1. The molecule has 36 heavy (non-hydrogen) atoms. The first kappa shape index (κ1) is 26.0. The van der Waals surface area contributed by atoms with Crippen LogP contribution in [-0.2, 0) is 41.3 Å². The molecule has 3 saturated heterocycles. The van der Waals surface area contributed by atoms with E-state index in [0.717, 1.165) is 11.1 Å². The number of hydrogen-bond donors (Lipinski definition) is 1. The second-order valence-corrected chi connectivity index (χ2v) is 16.2. The van der Waals surface area contributed by atoms with Gasteiger partial charge in [-0.05, 0) is 29.3 Å². The van der Waals surface area contributed by atoms with Crippen LogP contribution in [0.25, 0.3) is 0 Å². The Labute approximate surface area is 214 Å². The summed E-state index contributed by atoms with van der Waals surface area (Å²) in [4.78, 5) is 0. The van der Waals surface area contributed by atoms with Crippen LogP contribution in [0.5, 0.6) is 0 Å². The zero-order valence-corrected chi connectivity index (χ0v) is 22.8. The quantitative estimate of drug-likeness (QED) is 0.498. The fourth-order valence-corrected chi connectivity index (χ4v) is 6.21. The molecule has 1 aliphatic carbocycles. The van der Waals surface area contributed by atoms with Crippen molar-refractivity contribution in [2.45, 2.75) is 94.7 Å². The summed E-state index contributed by atoms with van der Waals surface area (Å²) < 4.78 is 38.6. The van der Waals surface area contributed by atoms with Gasteiger partial charge in [-0.1, -0.05) is 81.4 Å². The van der Waals surface area contributed by atoms with Crippen LogP contribution in [0, 0.1) is 0 Å². The molecular formula is C28H38O7Si. The molecule has 1 saturated carbocycles. The summed E-state index contributed by atoms with van der Waals surface area (Å²) in [5.41, 5.74) is 2.12. The molecule has 0 aromatic heterocycles.